The van der Waals surface area contributed by atoms with Gasteiger partial charge < -0.3 is 36.3 Å². The van der Waals surface area contributed by atoms with Crippen LogP contribution in [0.3, 0.4) is 0 Å². The molecule has 202 valence electrons. The van der Waals surface area contributed by atoms with Crippen molar-refractivity contribution in [2.75, 3.05) is 13.2 Å². The summed E-state index contributed by atoms with van der Waals surface area (Å²) in [4.78, 5) is 61.3. The summed E-state index contributed by atoms with van der Waals surface area (Å²) in [5.74, 6) is -2.88. The second-order valence-electron chi connectivity index (χ2n) is 9.66. The molecule has 0 radical (unpaired) electrons. The highest BCUT2D eigenvalue weighted by Gasteiger charge is 2.31. The number of unbranched alkanes of at least 4 members (excludes halogenated alkanes) is 1. The van der Waals surface area contributed by atoms with E-state index in [1.54, 1.807) is 20.8 Å². The van der Waals surface area contributed by atoms with Crippen molar-refractivity contribution in [1.29, 1.82) is 0 Å². The van der Waals surface area contributed by atoms with Gasteiger partial charge in [-0.15, -0.1) is 0 Å². The Morgan fingerprint density at radius 2 is 1.51 bits per heavy atom. The molecule has 35 heavy (non-hydrogen) atoms. The van der Waals surface area contributed by atoms with Crippen LogP contribution in [0.4, 0.5) is 4.79 Å². The molecule has 12 nitrogen and oxygen atoms in total. The van der Waals surface area contributed by atoms with E-state index in [4.69, 9.17) is 15.2 Å². The molecule has 0 aliphatic rings. The van der Waals surface area contributed by atoms with E-state index in [2.05, 4.69) is 16.0 Å². The summed E-state index contributed by atoms with van der Waals surface area (Å²) in [6.45, 7) is 10.0. The number of rotatable bonds is 15. The number of primary amides is 1. The van der Waals surface area contributed by atoms with Crippen molar-refractivity contribution >= 4 is 29.8 Å². The number of ether oxygens (including phenoxy) is 2. The fraction of sp³-hybridized carbons (Fsp3) is 0.783. The van der Waals surface area contributed by atoms with Crippen molar-refractivity contribution in [2.24, 2.45) is 11.7 Å². The first-order chi connectivity index (χ1) is 16.2. The normalized spacial score (nSPS) is 13.8. The zero-order chi connectivity index (χ0) is 27.2. The van der Waals surface area contributed by atoms with Gasteiger partial charge in [0.15, 0.2) is 0 Å². The van der Waals surface area contributed by atoms with Crippen LogP contribution in [-0.4, -0.2) is 71.8 Å². The van der Waals surface area contributed by atoms with E-state index in [0.29, 0.717) is 12.8 Å². The van der Waals surface area contributed by atoms with Gasteiger partial charge in [-0.3, -0.25) is 14.4 Å². The molecular weight excluding hydrogens is 460 g/mol. The van der Waals surface area contributed by atoms with Crippen LogP contribution in [0, 0.1) is 5.92 Å². The van der Waals surface area contributed by atoms with Gasteiger partial charge in [-0.25, -0.2) is 9.59 Å². The van der Waals surface area contributed by atoms with Crippen LogP contribution in [0.5, 0.6) is 0 Å². The molecule has 0 saturated heterocycles. The predicted octanol–water partition coefficient (Wildman–Crippen LogP) is 0.497. The molecule has 0 aliphatic heterocycles. The van der Waals surface area contributed by atoms with Crippen molar-refractivity contribution in [3.8, 4) is 0 Å². The first-order valence-electron chi connectivity index (χ1n) is 11.9. The lowest BCUT2D eigenvalue weighted by Gasteiger charge is -2.25. The molecule has 1 unspecified atom stereocenters. The summed E-state index contributed by atoms with van der Waals surface area (Å²) in [6.07, 6.45) is 0.537. The molecule has 0 aromatic heterocycles. The van der Waals surface area contributed by atoms with E-state index < -0.39 is 60.1 Å². The van der Waals surface area contributed by atoms with Gasteiger partial charge in [0.2, 0.25) is 17.7 Å². The molecular formula is C23H42N4O8. The Morgan fingerprint density at radius 3 is 2.00 bits per heavy atom. The summed E-state index contributed by atoms with van der Waals surface area (Å²) >= 11 is 0. The Hall–Kier alpha value is -2.89. The number of aliphatic hydroxyl groups is 1. The third-order valence-electron chi connectivity index (χ3n) is 4.55. The molecule has 0 saturated carbocycles. The average molecular weight is 503 g/mol. The second kappa shape index (κ2) is 15.9. The van der Waals surface area contributed by atoms with E-state index in [0.717, 1.165) is 6.42 Å². The Balaban J connectivity index is 5.36. The first-order valence-corrected chi connectivity index (χ1v) is 11.9. The van der Waals surface area contributed by atoms with Gasteiger partial charge in [-0.05, 0) is 46.0 Å². The molecule has 0 aliphatic carbocycles. The Morgan fingerprint density at radius 1 is 0.943 bits per heavy atom. The quantitative estimate of drug-likeness (QED) is 0.158. The van der Waals surface area contributed by atoms with Crippen molar-refractivity contribution in [2.45, 2.75) is 97.4 Å². The molecule has 6 N–H and O–H groups in total. The number of alkyl carbamates (subject to hydrolysis) is 1. The SMILES string of the molecule is CCCCOC(=O)[C@H](CC(C)C)NC(=O)C(CO)NC(=O)[C@H](CCC(N)=O)NC(=O)OC(C)(C)C. The number of nitrogens with two attached hydrogens (primary N) is 1. The van der Waals surface area contributed by atoms with Crippen LogP contribution in [0.1, 0.15) is 73.6 Å². The molecule has 0 aromatic carbocycles. The minimum absolute atomic E-state index is 0.0531. The standard InChI is InChI=1S/C23H42N4O8/c1-7-8-11-34-21(32)16(12-14(2)3)25-20(31)17(13-28)26-19(30)15(9-10-18(24)29)27-22(33)35-23(4,5)6/h14-17,28H,7-13H2,1-6H3,(H2,24,29)(H,25,31)(H,26,30)(H,27,33)/t15-,16-,17?/m0/s1. The highest BCUT2D eigenvalue weighted by molar-refractivity contribution is 5.93. The van der Waals surface area contributed by atoms with E-state index in [1.165, 1.54) is 0 Å². The number of nitrogens with one attached hydrogen (secondary N) is 3. The summed E-state index contributed by atoms with van der Waals surface area (Å²) < 4.78 is 10.3. The molecule has 3 atom stereocenters. The average Bonchev–Trinajstić information content (AvgIpc) is 2.72. The minimum atomic E-state index is -1.42. The number of hydrogen-bond acceptors (Lipinski definition) is 8. The summed E-state index contributed by atoms with van der Waals surface area (Å²) in [7, 11) is 0. The third-order valence-corrected chi connectivity index (χ3v) is 4.55. The molecule has 12 heteroatoms. The van der Waals surface area contributed by atoms with Crippen LogP contribution in [0.25, 0.3) is 0 Å². The zero-order valence-electron chi connectivity index (χ0n) is 21.6. The topological polar surface area (TPSA) is 186 Å². The zero-order valence-corrected chi connectivity index (χ0v) is 21.6. The summed E-state index contributed by atoms with van der Waals surface area (Å²) in [6, 6.07) is -3.64. The minimum Gasteiger partial charge on any atom is -0.464 e. The molecule has 0 fully saturated rings. The van der Waals surface area contributed by atoms with Crippen molar-refractivity contribution < 1.29 is 38.6 Å². The van der Waals surface area contributed by atoms with Crippen LogP contribution in [0.2, 0.25) is 0 Å². The van der Waals surface area contributed by atoms with Crippen LogP contribution >= 0.6 is 0 Å². The molecule has 0 heterocycles. The van der Waals surface area contributed by atoms with Crippen LogP contribution < -0.4 is 21.7 Å². The van der Waals surface area contributed by atoms with E-state index in [1.807, 2.05) is 20.8 Å². The molecule has 0 rings (SSSR count). The molecule has 0 aromatic rings. The molecule has 4 amide bonds. The number of carbonyl (C=O) groups is 5. The fourth-order valence-corrected chi connectivity index (χ4v) is 2.85. The maximum absolute atomic E-state index is 12.8. The van der Waals surface area contributed by atoms with Crippen molar-refractivity contribution in [1.82, 2.24) is 16.0 Å². The summed E-state index contributed by atoms with van der Waals surface area (Å²) in [5, 5.41) is 16.9. The Labute approximate surface area is 207 Å². The van der Waals surface area contributed by atoms with Crippen molar-refractivity contribution in [3.63, 3.8) is 0 Å². The maximum Gasteiger partial charge on any atom is 0.408 e. The lowest BCUT2D eigenvalue weighted by Crippen LogP contribution is -2.57. The van der Waals surface area contributed by atoms with E-state index >= 15 is 0 Å². The highest BCUT2D eigenvalue weighted by Crippen LogP contribution is 2.09. The Bertz CT molecular complexity index is 721. The largest absolute Gasteiger partial charge is 0.464 e. The van der Waals surface area contributed by atoms with Gasteiger partial charge in [0.05, 0.1) is 13.2 Å². The predicted molar refractivity (Wildman–Crippen MR) is 128 cm³/mol. The smallest absolute Gasteiger partial charge is 0.408 e. The van der Waals surface area contributed by atoms with Crippen molar-refractivity contribution in [3.05, 3.63) is 0 Å². The number of hydrogen-bond donors (Lipinski definition) is 5. The second-order valence-corrected chi connectivity index (χ2v) is 9.66. The van der Waals surface area contributed by atoms with Gasteiger partial charge in [0.25, 0.3) is 0 Å². The fourth-order valence-electron chi connectivity index (χ4n) is 2.85. The lowest BCUT2D eigenvalue weighted by atomic mass is 10.0. The summed E-state index contributed by atoms with van der Waals surface area (Å²) in [5.41, 5.74) is 4.32. The van der Waals surface area contributed by atoms with E-state index in [-0.39, 0.29) is 25.4 Å². The number of amides is 4. The number of esters is 1. The van der Waals surface area contributed by atoms with Crippen LogP contribution in [0.15, 0.2) is 0 Å². The Kier molecular flexibility index (Phi) is 14.6. The van der Waals surface area contributed by atoms with Gasteiger partial charge in [0.1, 0.15) is 23.7 Å². The maximum atomic E-state index is 12.8. The van der Waals surface area contributed by atoms with Gasteiger partial charge in [-0.2, -0.15) is 0 Å². The lowest BCUT2D eigenvalue weighted by molar-refractivity contribution is -0.149. The molecule has 0 bridgehead atoms. The number of carbonyl (C=O) groups excluding carboxylic acids is 5. The first kappa shape index (κ1) is 32.1. The monoisotopic (exact) mass is 502 g/mol. The van der Waals surface area contributed by atoms with Gasteiger partial charge >= 0.3 is 12.1 Å². The van der Waals surface area contributed by atoms with Crippen LogP contribution in [-0.2, 0) is 28.7 Å². The van der Waals surface area contributed by atoms with Gasteiger partial charge in [0, 0.05) is 6.42 Å². The van der Waals surface area contributed by atoms with E-state index in [9.17, 15) is 29.1 Å². The molecule has 0 spiro atoms. The van der Waals surface area contributed by atoms with Gasteiger partial charge in [-0.1, -0.05) is 27.2 Å². The third kappa shape index (κ3) is 14.9. The highest BCUT2D eigenvalue weighted by atomic mass is 16.6. The number of aliphatic hydroxyl groups excluding tert-OH is 1.